The van der Waals surface area contributed by atoms with Gasteiger partial charge in [-0.25, -0.2) is 9.48 Å². The minimum absolute atomic E-state index is 0.0843. The zero-order chi connectivity index (χ0) is 27.2. The average molecular weight is 524 g/mol. The molecule has 0 saturated carbocycles. The second kappa shape index (κ2) is 12.3. The first kappa shape index (κ1) is 28.3. The number of urea groups is 1. The highest BCUT2D eigenvalue weighted by molar-refractivity contribution is 6.30. The van der Waals surface area contributed by atoms with Gasteiger partial charge in [0.2, 0.25) is 5.91 Å². The molecule has 1 aromatic heterocycles. The lowest BCUT2D eigenvalue weighted by Gasteiger charge is -2.23. The van der Waals surface area contributed by atoms with E-state index < -0.39 is 0 Å². The fourth-order valence-electron chi connectivity index (χ4n) is 3.99. The van der Waals surface area contributed by atoms with E-state index in [0.717, 1.165) is 41.8 Å². The summed E-state index contributed by atoms with van der Waals surface area (Å²) in [5.41, 5.74) is 4.36. The Kier molecular flexibility index (Phi) is 9.38. The largest absolute Gasteiger partial charge is 0.322 e. The van der Waals surface area contributed by atoms with E-state index in [4.69, 9.17) is 16.7 Å². The van der Waals surface area contributed by atoms with Crippen LogP contribution in [0.1, 0.15) is 63.8 Å². The van der Waals surface area contributed by atoms with Gasteiger partial charge in [-0.3, -0.25) is 4.79 Å². The average Bonchev–Trinajstić information content (AvgIpc) is 3.22. The van der Waals surface area contributed by atoms with E-state index in [1.807, 2.05) is 32.0 Å². The van der Waals surface area contributed by atoms with E-state index in [0.29, 0.717) is 23.1 Å². The first-order valence-corrected chi connectivity index (χ1v) is 13.1. The summed E-state index contributed by atoms with van der Waals surface area (Å²) >= 11 is 6.07. The minimum Gasteiger partial charge on any atom is -0.315 e. The van der Waals surface area contributed by atoms with Gasteiger partial charge in [-0.1, -0.05) is 75.9 Å². The Balaban J connectivity index is 1.83. The summed E-state index contributed by atoms with van der Waals surface area (Å²) in [6, 6.07) is 14.7. The predicted octanol–water partition coefficient (Wildman–Crippen LogP) is 7.10. The molecule has 2 N–H and O–H groups in total. The topological polar surface area (TPSA) is 79.3 Å². The van der Waals surface area contributed by atoms with Crippen molar-refractivity contribution in [2.75, 3.05) is 23.7 Å². The van der Waals surface area contributed by atoms with Crippen LogP contribution in [0.3, 0.4) is 0 Å². The predicted molar refractivity (Wildman–Crippen MR) is 152 cm³/mol. The van der Waals surface area contributed by atoms with Crippen molar-refractivity contribution in [1.82, 2.24) is 14.7 Å². The van der Waals surface area contributed by atoms with Gasteiger partial charge >= 0.3 is 6.03 Å². The van der Waals surface area contributed by atoms with Crippen molar-refractivity contribution in [3.63, 3.8) is 0 Å². The molecule has 3 aromatic rings. The third-order valence-electron chi connectivity index (χ3n) is 6.05. The van der Waals surface area contributed by atoms with Gasteiger partial charge in [-0.15, -0.1) is 0 Å². The van der Waals surface area contributed by atoms with Crippen molar-refractivity contribution >= 4 is 35.0 Å². The summed E-state index contributed by atoms with van der Waals surface area (Å²) in [4.78, 5) is 27.9. The molecule has 0 fully saturated rings. The van der Waals surface area contributed by atoms with Crippen LogP contribution < -0.4 is 10.6 Å². The van der Waals surface area contributed by atoms with Crippen molar-refractivity contribution in [1.29, 1.82) is 0 Å². The second-order valence-electron chi connectivity index (χ2n) is 10.5. The van der Waals surface area contributed by atoms with E-state index in [2.05, 4.69) is 44.4 Å². The van der Waals surface area contributed by atoms with Gasteiger partial charge < -0.3 is 15.5 Å². The van der Waals surface area contributed by atoms with Gasteiger partial charge in [-0.2, -0.15) is 5.10 Å². The Bertz CT molecular complexity index is 1250. The van der Waals surface area contributed by atoms with Gasteiger partial charge in [0.05, 0.1) is 11.4 Å². The fourth-order valence-corrected chi connectivity index (χ4v) is 4.18. The number of rotatable bonds is 9. The highest BCUT2D eigenvalue weighted by Gasteiger charge is 2.23. The van der Waals surface area contributed by atoms with Crippen LogP contribution in [0.25, 0.3) is 5.69 Å². The number of nitrogens with zero attached hydrogens (tertiary/aromatic N) is 3. The number of carbonyl (C=O) groups excluding carboxylic acids is 2. The smallest absolute Gasteiger partial charge is 0.315 e. The molecule has 3 amide bonds. The molecule has 198 valence electrons. The molecule has 2 aromatic carbocycles. The summed E-state index contributed by atoms with van der Waals surface area (Å²) in [5, 5.41) is 11.2. The number of benzene rings is 2. The number of hydrogen-bond acceptors (Lipinski definition) is 3. The molecule has 1 heterocycles. The maximum atomic E-state index is 13.3. The highest BCUT2D eigenvalue weighted by atomic mass is 35.5. The number of halogens is 1. The normalized spacial score (nSPS) is 11.3. The number of anilines is 2. The first-order chi connectivity index (χ1) is 17.5. The van der Waals surface area contributed by atoms with Gasteiger partial charge in [0, 0.05) is 28.7 Å². The van der Waals surface area contributed by atoms with Crippen molar-refractivity contribution in [2.45, 2.75) is 66.2 Å². The third-order valence-corrected chi connectivity index (χ3v) is 6.29. The van der Waals surface area contributed by atoms with Crippen LogP contribution in [0.4, 0.5) is 16.3 Å². The Morgan fingerprint density at radius 3 is 2.43 bits per heavy atom. The van der Waals surface area contributed by atoms with E-state index >= 15 is 0 Å². The van der Waals surface area contributed by atoms with E-state index in [9.17, 15) is 9.59 Å². The van der Waals surface area contributed by atoms with Crippen LogP contribution in [0.2, 0.25) is 5.02 Å². The highest BCUT2D eigenvalue weighted by Crippen LogP contribution is 2.28. The monoisotopic (exact) mass is 523 g/mol. The summed E-state index contributed by atoms with van der Waals surface area (Å²) in [5.74, 6) is 0.287. The van der Waals surface area contributed by atoms with Crippen LogP contribution >= 0.6 is 11.6 Å². The Morgan fingerprint density at radius 1 is 1.03 bits per heavy atom. The third kappa shape index (κ3) is 7.83. The number of aryl methyl sites for hydroxylation is 2. The minimum atomic E-state index is -0.341. The molecule has 0 aliphatic carbocycles. The molecule has 0 bridgehead atoms. The van der Waals surface area contributed by atoms with Crippen LogP contribution in [0, 0.1) is 13.8 Å². The van der Waals surface area contributed by atoms with Gasteiger partial charge in [0.25, 0.3) is 0 Å². The molecule has 0 aliphatic heterocycles. The Labute approximate surface area is 225 Å². The number of carbonyl (C=O) groups is 2. The zero-order valence-electron chi connectivity index (χ0n) is 22.7. The number of hydrogen-bond donors (Lipinski definition) is 2. The molecule has 0 saturated heterocycles. The molecular formula is C29H38ClN5O2. The summed E-state index contributed by atoms with van der Waals surface area (Å²) in [6.45, 7) is 12.8. The lowest BCUT2D eigenvalue weighted by Crippen LogP contribution is -2.41. The van der Waals surface area contributed by atoms with Crippen LogP contribution in [-0.4, -0.2) is 39.7 Å². The van der Waals surface area contributed by atoms with E-state index in [1.165, 1.54) is 4.90 Å². The van der Waals surface area contributed by atoms with Crippen molar-refractivity contribution in [2.24, 2.45) is 0 Å². The van der Waals surface area contributed by atoms with Crippen molar-refractivity contribution in [3.05, 3.63) is 70.4 Å². The molecule has 7 nitrogen and oxygen atoms in total. The Morgan fingerprint density at radius 2 is 1.78 bits per heavy atom. The molecule has 0 atom stereocenters. The molecule has 8 heteroatoms. The number of aromatic nitrogens is 2. The van der Waals surface area contributed by atoms with Crippen molar-refractivity contribution in [3.8, 4) is 5.69 Å². The van der Waals surface area contributed by atoms with Crippen molar-refractivity contribution < 1.29 is 9.59 Å². The number of nitrogens with one attached hydrogen (secondary N) is 2. The summed E-state index contributed by atoms with van der Waals surface area (Å²) < 4.78 is 1.78. The molecule has 0 unspecified atom stereocenters. The Hall–Kier alpha value is -3.32. The standard InChI is InChI=1S/C29H38ClN5O2/c1-7-8-9-15-34(28(37)31-23-12-10-11-22(30)17-23)19-27(36)32-26-18-25(29(4,5)6)33-35(26)24-14-13-20(2)16-21(24)3/h10-14,16-18H,7-9,15,19H2,1-6H3,(H,31,37)(H,32,36). The van der Waals surface area contributed by atoms with E-state index in [-0.39, 0.29) is 23.9 Å². The zero-order valence-corrected chi connectivity index (χ0v) is 23.4. The van der Waals surface area contributed by atoms with Crippen LogP contribution in [0.15, 0.2) is 48.5 Å². The quantitative estimate of drug-likeness (QED) is 0.293. The molecule has 0 spiro atoms. The summed E-state index contributed by atoms with van der Waals surface area (Å²) in [6.07, 6.45) is 2.79. The molecule has 3 rings (SSSR count). The molecular weight excluding hydrogens is 486 g/mol. The van der Waals surface area contributed by atoms with Gasteiger partial charge in [-0.05, 0) is 50.1 Å². The summed E-state index contributed by atoms with van der Waals surface area (Å²) in [7, 11) is 0. The second-order valence-corrected chi connectivity index (χ2v) is 10.9. The lowest BCUT2D eigenvalue weighted by molar-refractivity contribution is -0.116. The van der Waals surface area contributed by atoms with Gasteiger partial charge in [0.1, 0.15) is 12.4 Å². The lowest BCUT2D eigenvalue weighted by atomic mass is 9.92. The number of amides is 3. The van der Waals surface area contributed by atoms with E-state index in [1.54, 1.807) is 28.9 Å². The van der Waals surface area contributed by atoms with Crippen LogP contribution in [0.5, 0.6) is 0 Å². The van der Waals surface area contributed by atoms with Gasteiger partial charge in [0.15, 0.2) is 0 Å². The molecule has 0 radical (unpaired) electrons. The fraction of sp³-hybridized carbons (Fsp3) is 0.414. The van der Waals surface area contributed by atoms with Crippen LogP contribution in [-0.2, 0) is 10.2 Å². The molecule has 0 aliphatic rings. The maximum absolute atomic E-state index is 13.3. The maximum Gasteiger partial charge on any atom is 0.322 e. The SMILES string of the molecule is CCCCCN(CC(=O)Nc1cc(C(C)(C)C)nn1-c1ccc(C)cc1C)C(=O)Nc1cccc(Cl)c1. The molecule has 37 heavy (non-hydrogen) atoms. The number of unbranched alkanes of at least 4 members (excludes halogenated alkanes) is 2. The first-order valence-electron chi connectivity index (χ1n) is 12.8.